The Morgan fingerprint density at radius 1 is 0.892 bits per heavy atom. The van der Waals surface area contributed by atoms with Gasteiger partial charge in [0.05, 0.1) is 17.7 Å². The second kappa shape index (κ2) is 10.8. The highest BCUT2D eigenvalue weighted by Gasteiger charge is 2.25. The molecule has 1 aliphatic heterocycles. The molecule has 5 rings (SSSR count). The van der Waals surface area contributed by atoms with Crippen LogP contribution in [0.3, 0.4) is 0 Å². The van der Waals surface area contributed by atoms with Gasteiger partial charge in [-0.2, -0.15) is 0 Å². The van der Waals surface area contributed by atoms with Crippen LogP contribution < -0.4 is 15.0 Å². The SMILES string of the molecule is COc1ccc(Cl)cc1C(=O)N1CCN(c2ccc(NC(=O)c3sc4cc(Cl)ccc4c3Cl)cc2)CC1. The van der Waals surface area contributed by atoms with Crippen LogP contribution in [0.5, 0.6) is 5.75 Å². The molecule has 0 unspecified atom stereocenters. The van der Waals surface area contributed by atoms with Crippen molar-refractivity contribution in [2.75, 3.05) is 43.5 Å². The van der Waals surface area contributed by atoms with Gasteiger partial charge in [0.15, 0.2) is 0 Å². The quantitative estimate of drug-likeness (QED) is 0.277. The molecule has 0 bridgehead atoms. The fourth-order valence-corrected chi connectivity index (χ4v) is 6.17. The van der Waals surface area contributed by atoms with E-state index < -0.39 is 0 Å². The minimum Gasteiger partial charge on any atom is -0.496 e. The maximum Gasteiger partial charge on any atom is 0.267 e. The number of fused-ring (bicyclic) bond motifs is 1. The van der Waals surface area contributed by atoms with Crippen molar-refractivity contribution in [3.05, 3.63) is 86.2 Å². The fraction of sp³-hybridized carbons (Fsp3) is 0.185. The van der Waals surface area contributed by atoms with Crippen molar-refractivity contribution in [2.24, 2.45) is 0 Å². The number of ether oxygens (including phenoxy) is 1. The van der Waals surface area contributed by atoms with Gasteiger partial charge in [-0.05, 0) is 54.6 Å². The average Bonchev–Trinajstić information content (AvgIpc) is 3.24. The number of amides is 2. The van der Waals surface area contributed by atoms with Crippen LogP contribution in [-0.2, 0) is 0 Å². The van der Waals surface area contributed by atoms with Crippen LogP contribution in [0.15, 0.2) is 60.7 Å². The summed E-state index contributed by atoms with van der Waals surface area (Å²) < 4.78 is 6.20. The molecule has 190 valence electrons. The molecule has 0 aliphatic carbocycles. The Balaban J connectivity index is 1.21. The first-order valence-electron chi connectivity index (χ1n) is 11.5. The van der Waals surface area contributed by atoms with E-state index in [0.717, 1.165) is 15.8 Å². The van der Waals surface area contributed by atoms with E-state index in [4.69, 9.17) is 39.5 Å². The minimum atomic E-state index is -0.265. The van der Waals surface area contributed by atoms with Gasteiger partial charge in [0.25, 0.3) is 11.8 Å². The number of methoxy groups -OCH3 is 1. The number of piperazine rings is 1. The zero-order valence-corrected chi connectivity index (χ0v) is 22.8. The zero-order valence-electron chi connectivity index (χ0n) is 19.8. The Morgan fingerprint density at radius 2 is 1.57 bits per heavy atom. The first-order valence-corrected chi connectivity index (χ1v) is 13.5. The van der Waals surface area contributed by atoms with E-state index in [1.807, 2.05) is 30.3 Å². The first kappa shape index (κ1) is 25.7. The predicted octanol–water partition coefficient (Wildman–Crippen LogP) is 7.08. The number of nitrogens with zero attached hydrogens (tertiary/aromatic N) is 2. The van der Waals surface area contributed by atoms with E-state index >= 15 is 0 Å². The van der Waals surface area contributed by atoms with Crippen LogP contribution in [-0.4, -0.2) is 50.0 Å². The van der Waals surface area contributed by atoms with E-state index in [0.29, 0.717) is 63.1 Å². The van der Waals surface area contributed by atoms with Gasteiger partial charge in [-0.3, -0.25) is 9.59 Å². The summed E-state index contributed by atoms with van der Waals surface area (Å²) in [5, 5.41) is 5.25. The summed E-state index contributed by atoms with van der Waals surface area (Å²) in [6.07, 6.45) is 0. The molecule has 6 nitrogen and oxygen atoms in total. The third-order valence-electron chi connectivity index (χ3n) is 6.25. The Kier molecular flexibility index (Phi) is 7.49. The van der Waals surface area contributed by atoms with Gasteiger partial charge in [0, 0.05) is 57.7 Å². The lowest BCUT2D eigenvalue weighted by atomic mass is 10.1. The highest BCUT2D eigenvalue weighted by molar-refractivity contribution is 7.21. The third-order valence-corrected chi connectivity index (χ3v) is 8.37. The number of hydrogen-bond donors (Lipinski definition) is 1. The number of halogens is 3. The van der Waals surface area contributed by atoms with Crippen molar-refractivity contribution in [2.45, 2.75) is 0 Å². The molecular formula is C27H22Cl3N3O3S. The number of hydrogen-bond acceptors (Lipinski definition) is 5. The lowest BCUT2D eigenvalue weighted by Gasteiger charge is -2.36. The van der Waals surface area contributed by atoms with Crippen molar-refractivity contribution in [1.29, 1.82) is 0 Å². The molecule has 0 spiro atoms. The lowest BCUT2D eigenvalue weighted by Crippen LogP contribution is -2.48. The molecule has 1 aromatic heterocycles. The summed E-state index contributed by atoms with van der Waals surface area (Å²) >= 11 is 19.9. The summed E-state index contributed by atoms with van der Waals surface area (Å²) in [4.78, 5) is 30.4. The number of carbonyl (C=O) groups is 2. The summed E-state index contributed by atoms with van der Waals surface area (Å²) in [5.41, 5.74) is 2.15. The predicted molar refractivity (Wildman–Crippen MR) is 152 cm³/mol. The molecule has 0 radical (unpaired) electrons. The van der Waals surface area contributed by atoms with E-state index in [-0.39, 0.29) is 11.8 Å². The van der Waals surface area contributed by atoms with Gasteiger partial charge in [-0.1, -0.05) is 40.9 Å². The summed E-state index contributed by atoms with van der Waals surface area (Å²) in [5.74, 6) is 0.146. The van der Waals surface area contributed by atoms with Crippen molar-refractivity contribution in [3.63, 3.8) is 0 Å². The Bertz CT molecular complexity index is 1480. The number of rotatable bonds is 5. The Hall–Kier alpha value is -2.97. The minimum absolute atomic E-state index is 0.0979. The van der Waals surface area contributed by atoms with Crippen molar-refractivity contribution in [3.8, 4) is 5.75 Å². The molecule has 1 aliphatic rings. The molecule has 3 aromatic carbocycles. The maximum absolute atomic E-state index is 13.1. The lowest BCUT2D eigenvalue weighted by molar-refractivity contribution is 0.0743. The zero-order chi connectivity index (χ0) is 26.1. The average molecular weight is 575 g/mol. The normalized spacial score (nSPS) is 13.6. The van der Waals surface area contributed by atoms with Crippen molar-refractivity contribution in [1.82, 2.24) is 4.90 Å². The van der Waals surface area contributed by atoms with Crippen molar-refractivity contribution >= 4 is 79.4 Å². The molecule has 0 atom stereocenters. The smallest absolute Gasteiger partial charge is 0.267 e. The van der Waals surface area contributed by atoms with Crippen molar-refractivity contribution < 1.29 is 14.3 Å². The molecule has 37 heavy (non-hydrogen) atoms. The first-order chi connectivity index (χ1) is 17.8. The molecule has 0 saturated carbocycles. The molecule has 2 amide bonds. The molecule has 2 heterocycles. The summed E-state index contributed by atoms with van der Waals surface area (Å²) in [7, 11) is 1.54. The van der Waals surface area contributed by atoms with Gasteiger partial charge in [0.2, 0.25) is 0 Å². The standard InChI is InChI=1S/C27H22Cl3N3O3S/c1-36-22-9-3-16(28)14-21(22)27(35)33-12-10-32(11-13-33)19-6-4-18(5-7-19)31-26(34)25-24(30)20-8-2-17(29)15-23(20)37-25/h2-9,14-15H,10-13H2,1H3,(H,31,34). The second-order valence-corrected chi connectivity index (χ2v) is 10.8. The Labute approximate surface area is 233 Å². The number of carbonyl (C=O) groups excluding carboxylic acids is 2. The number of benzene rings is 3. The van der Waals surface area contributed by atoms with Crippen LogP contribution >= 0.6 is 46.1 Å². The number of nitrogens with one attached hydrogen (secondary N) is 1. The largest absolute Gasteiger partial charge is 0.496 e. The van der Waals surface area contributed by atoms with E-state index in [9.17, 15) is 9.59 Å². The number of thiophene rings is 1. The van der Waals surface area contributed by atoms with Crippen LogP contribution in [0.2, 0.25) is 15.1 Å². The summed E-state index contributed by atoms with van der Waals surface area (Å²) in [6, 6.07) is 18.1. The summed E-state index contributed by atoms with van der Waals surface area (Å²) in [6.45, 7) is 2.50. The van der Waals surface area contributed by atoms with Gasteiger partial charge >= 0.3 is 0 Å². The van der Waals surface area contributed by atoms with E-state index in [1.54, 1.807) is 35.2 Å². The van der Waals surface area contributed by atoms with Gasteiger partial charge in [-0.15, -0.1) is 11.3 Å². The Morgan fingerprint density at radius 3 is 2.27 bits per heavy atom. The third kappa shape index (κ3) is 5.36. The maximum atomic E-state index is 13.1. The molecule has 1 saturated heterocycles. The van der Waals surface area contributed by atoms with Crippen LogP contribution in [0.4, 0.5) is 11.4 Å². The van der Waals surface area contributed by atoms with Gasteiger partial charge in [-0.25, -0.2) is 0 Å². The highest BCUT2D eigenvalue weighted by atomic mass is 35.5. The highest BCUT2D eigenvalue weighted by Crippen LogP contribution is 2.37. The van der Waals surface area contributed by atoms with E-state index in [2.05, 4.69) is 10.2 Å². The molecule has 1 fully saturated rings. The van der Waals surface area contributed by atoms with Crippen LogP contribution in [0.25, 0.3) is 10.1 Å². The van der Waals surface area contributed by atoms with E-state index in [1.165, 1.54) is 18.4 Å². The molecule has 10 heteroatoms. The monoisotopic (exact) mass is 573 g/mol. The topological polar surface area (TPSA) is 61.9 Å². The molecule has 1 N–H and O–H groups in total. The van der Waals surface area contributed by atoms with Crippen LogP contribution in [0, 0.1) is 0 Å². The fourth-order valence-electron chi connectivity index (χ4n) is 4.31. The van der Waals surface area contributed by atoms with Gasteiger partial charge < -0.3 is 19.9 Å². The molecule has 4 aromatic rings. The van der Waals surface area contributed by atoms with Crippen LogP contribution in [0.1, 0.15) is 20.0 Å². The second-order valence-electron chi connectivity index (χ2n) is 8.51. The number of anilines is 2. The van der Waals surface area contributed by atoms with Gasteiger partial charge in [0.1, 0.15) is 10.6 Å². The molecular weight excluding hydrogens is 553 g/mol.